The Morgan fingerprint density at radius 3 is 2.45 bits per heavy atom. The first kappa shape index (κ1) is 16.8. The number of aromatic nitrogens is 2. The normalized spacial score (nSPS) is 19.0. The van der Waals surface area contributed by atoms with E-state index in [1.165, 1.54) is 4.68 Å². The molecule has 1 aliphatic heterocycles. The Balaban J connectivity index is 2.27. The maximum absolute atomic E-state index is 12.5. The number of hydrogen-bond donors (Lipinski definition) is 0. The van der Waals surface area contributed by atoms with Crippen LogP contribution in [0.25, 0.3) is 0 Å². The van der Waals surface area contributed by atoms with Gasteiger partial charge in [0.1, 0.15) is 5.54 Å². The molecule has 1 aliphatic rings. The van der Waals surface area contributed by atoms with Crippen LogP contribution in [-0.4, -0.2) is 41.1 Å². The highest BCUT2D eigenvalue weighted by Crippen LogP contribution is 2.39. The summed E-state index contributed by atoms with van der Waals surface area (Å²) in [4.78, 5) is 0. The molecule has 1 aromatic heterocycles. The van der Waals surface area contributed by atoms with Crippen LogP contribution in [0.2, 0.25) is 0 Å². The van der Waals surface area contributed by atoms with Crippen LogP contribution in [0.4, 0.5) is 13.2 Å². The molecular formula is C12H15F3N4O2S. The first-order valence-electron chi connectivity index (χ1n) is 6.52. The van der Waals surface area contributed by atoms with Crippen molar-refractivity contribution in [3.63, 3.8) is 0 Å². The number of sulfonamides is 1. The highest BCUT2D eigenvalue weighted by atomic mass is 32.2. The van der Waals surface area contributed by atoms with E-state index in [2.05, 4.69) is 5.10 Å². The van der Waals surface area contributed by atoms with E-state index < -0.39 is 34.2 Å². The SMILES string of the molecule is CC(C)c1cnn(C2(CC#N)CN(S(=O)(=O)C(F)(F)F)C2)c1. The van der Waals surface area contributed by atoms with Crippen molar-refractivity contribution >= 4 is 10.0 Å². The molecule has 0 aliphatic carbocycles. The van der Waals surface area contributed by atoms with Gasteiger partial charge < -0.3 is 0 Å². The third kappa shape index (κ3) is 2.59. The Bertz CT molecular complexity index is 697. The van der Waals surface area contributed by atoms with Crippen LogP contribution in [0.3, 0.4) is 0 Å². The minimum absolute atomic E-state index is 0.115. The lowest BCUT2D eigenvalue weighted by Gasteiger charge is -2.47. The molecule has 0 radical (unpaired) electrons. The topological polar surface area (TPSA) is 79.0 Å². The summed E-state index contributed by atoms with van der Waals surface area (Å²) in [5, 5.41) is 13.0. The summed E-state index contributed by atoms with van der Waals surface area (Å²) < 4.78 is 62.1. The molecule has 0 amide bonds. The molecule has 1 saturated heterocycles. The quantitative estimate of drug-likeness (QED) is 0.839. The smallest absolute Gasteiger partial charge is 0.263 e. The summed E-state index contributed by atoms with van der Waals surface area (Å²) in [5.41, 5.74) is -5.51. The lowest BCUT2D eigenvalue weighted by atomic mass is 9.89. The zero-order chi connectivity index (χ0) is 16.8. The van der Waals surface area contributed by atoms with Crippen LogP contribution in [0.1, 0.15) is 31.7 Å². The van der Waals surface area contributed by atoms with Gasteiger partial charge in [-0.1, -0.05) is 13.8 Å². The van der Waals surface area contributed by atoms with Gasteiger partial charge in [-0.2, -0.15) is 27.8 Å². The highest BCUT2D eigenvalue weighted by molar-refractivity contribution is 7.90. The number of rotatable bonds is 4. The van der Waals surface area contributed by atoms with E-state index in [9.17, 15) is 21.6 Å². The van der Waals surface area contributed by atoms with Gasteiger partial charge in [0.25, 0.3) is 0 Å². The fraction of sp³-hybridized carbons (Fsp3) is 0.667. The van der Waals surface area contributed by atoms with Gasteiger partial charge in [0.2, 0.25) is 0 Å². The van der Waals surface area contributed by atoms with Crippen molar-refractivity contribution in [3.8, 4) is 6.07 Å². The molecule has 6 nitrogen and oxygen atoms in total. The summed E-state index contributed by atoms with van der Waals surface area (Å²) in [5.74, 6) is 0.169. The van der Waals surface area contributed by atoms with Crippen LogP contribution < -0.4 is 0 Å². The van der Waals surface area contributed by atoms with Crippen molar-refractivity contribution in [2.75, 3.05) is 13.1 Å². The van der Waals surface area contributed by atoms with E-state index in [1.54, 1.807) is 12.4 Å². The van der Waals surface area contributed by atoms with Crippen molar-refractivity contribution < 1.29 is 21.6 Å². The summed E-state index contributed by atoms with van der Waals surface area (Å²) in [6, 6.07) is 1.89. The van der Waals surface area contributed by atoms with Gasteiger partial charge in [-0.15, -0.1) is 0 Å². The number of nitrogens with zero attached hydrogens (tertiary/aromatic N) is 4. The van der Waals surface area contributed by atoms with Crippen molar-refractivity contribution in [2.24, 2.45) is 0 Å². The largest absolute Gasteiger partial charge is 0.511 e. The minimum Gasteiger partial charge on any atom is -0.263 e. The van der Waals surface area contributed by atoms with E-state index in [-0.39, 0.29) is 12.3 Å². The lowest BCUT2D eigenvalue weighted by Crippen LogP contribution is -2.65. The molecule has 2 rings (SSSR count). The number of nitriles is 1. The van der Waals surface area contributed by atoms with Crippen LogP contribution in [0.5, 0.6) is 0 Å². The van der Waals surface area contributed by atoms with E-state index in [0.717, 1.165) is 5.56 Å². The van der Waals surface area contributed by atoms with Gasteiger partial charge in [0, 0.05) is 19.3 Å². The molecule has 0 atom stereocenters. The molecule has 122 valence electrons. The summed E-state index contributed by atoms with van der Waals surface area (Å²) >= 11 is 0. The highest BCUT2D eigenvalue weighted by Gasteiger charge is 2.59. The third-order valence-electron chi connectivity index (χ3n) is 3.74. The Morgan fingerprint density at radius 1 is 1.45 bits per heavy atom. The third-order valence-corrected chi connectivity index (χ3v) is 5.26. The van der Waals surface area contributed by atoms with E-state index in [1.807, 2.05) is 19.9 Å². The van der Waals surface area contributed by atoms with Gasteiger partial charge >= 0.3 is 15.5 Å². The van der Waals surface area contributed by atoms with Crippen molar-refractivity contribution in [3.05, 3.63) is 18.0 Å². The molecular weight excluding hydrogens is 321 g/mol. The Kier molecular flexibility index (Phi) is 3.99. The summed E-state index contributed by atoms with van der Waals surface area (Å²) in [6.07, 6.45) is 3.11. The van der Waals surface area contributed by atoms with Gasteiger partial charge in [0.15, 0.2) is 0 Å². The molecule has 0 bridgehead atoms. The second-order valence-corrected chi connectivity index (χ2v) is 7.58. The number of hydrogen-bond acceptors (Lipinski definition) is 4. The number of alkyl halides is 3. The molecule has 0 saturated carbocycles. The number of halogens is 3. The maximum Gasteiger partial charge on any atom is 0.511 e. The Hall–Kier alpha value is -1.60. The molecule has 1 aromatic rings. The van der Waals surface area contributed by atoms with Crippen LogP contribution >= 0.6 is 0 Å². The maximum atomic E-state index is 12.5. The molecule has 0 unspecified atom stereocenters. The Labute approximate surface area is 126 Å². The average Bonchev–Trinajstić information content (AvgIpc) is 2.81. The fourth-order valence-electron chi connectivity index (χ4n) is 2.31. The van der Waals surface area contributed by atoms with Gasteiger partial charge in [-0.3, -0.25) is 4.68 Å². The van der Waals surface area contributed by atoms with Gasteiger partial charge in [-0.25, -0.2) is 8.42 Å². The molecule has 0 N–H and O–H groups in total. The fourth-order valence-corrected chi connectivity index (χ4v) is 3.42. The molecule has 22 heavy (non-hydrogen) atoms. The standard InChI is InChI=1S/C12H15F3N4O2S/c1-9(2)10-5-17-19(6-10)11(3-4-16)7-18(8-11)22(20,21)12(13,14)15/h5-6,9H,3,7-8H2,1-2H3. The summed E-state index contributed by atoms with van der Waals surface area (Å²) in [6.45, 7) is 3.03. The van der Waals surface area contributed by atoms with Gasteiger partial charge in [-0.05, 0) is 11.5 Å². The van der Waals surface area contributed by atoms with Crippen molar-refractivity contribution in [1.82, 2.24) is 14.1 Å². The van der Waals surface area contributed by atoms with E-state index in [0.29, 0.717) is 4.31 Å². The predicted molar refractivity (Wildman–Crippen MR) is 71.1 cm³/mol. The van der Waals surface area contributed by atoms with Crippen LogP contribution in [-0.2, 0) is 15.6 Å². The molecule has 1 fully saturated rings. The van der Waals surface area contributed by atoms with Crippen molar-refractivity contribution in [1.29, 1.82) is 5.26 Å². The molecule has 10 heteroatoms. The first-order valence-corrected chi connectivity index (χ1v) is 7.96. The first-order chi connectivity index (χ1) is 10.0. The van der Waals surface area contributed by atoms with Gasteiger partial charge in [0.05, 0.1) is 18.7 Å². The predicted octanol–water partition coefficient (Wildman–Crippen LogP) is 1.78. The van der Waals surface area contributed by atoms with Crippen LogP contribution in [0, 0.1) is 11.3 Å². The molecule has 0 aromatic carbocycles. The molecule has 0 spiro atoms. The Morgan fingerprint density at radius 2 is 2.05 bits per heavy atom. The monoisotopic (exact) mass is 336 g/mol. The van der Waals surface area contributed by atoms with E-state index >= 15 is 0 Å². The zero-order valence-electron chi connectivity index (χ0n) is 12.0. The van der Waals surface area contributed by atoms with Crippen LogP contribution in [0.15, 0.2) is 12.4 Å². The average molecular weight is 336 g/mol. The summed E-state index contributed by atoms with van der Waals surface area (Å²) in [7, 11) is -5.36. The second-order valence-electron chi connectivity index (χ2n) is 5.65. The van der Waals surface area contributed by atoms with E-state index in [4.69, 9.17) is 5.26 Å². The lowest BCUT2D eigenvalue weighted by molar-refractivity contribution is -0.0565. The molecule has 2 heterocycles. The second kappa shape index (κ2) is 5.24. The minimum atomic E-state index is -5.36. The van der Waals surface area contributed by atoms with Crippen molar-refractivity contribution in [2.45, 2.75) is 37.2 Å². The zero-order valence-corrected chi connectivity index (χ0v) is 12.8.